The molecule has 0 aliphatic carbocycles. The van der Waals surface area contributed by atoms with Gasteiger partial charge in [0.05, 0.1) is 18.0 Å². The van der Waals surface area contributed by atoms with Crippen molar-refractivity contribution in [2.45, 2.75) is 31.2 Å². The monoisotopic (exact) mass is 425 g/mol. The van der Waals surface area contributed by atoms with Gasteiger partial charge in [-0.1, -0.05) is 39.8 Å². The van der Waals surface area contributed by atoms with Crippen LogP contribution in [-0.2, 0) is 9.53 Å². The van der Waals surface area contributed by atoms with E-state index in [2.05, 4.69) is 26.1 Å². The van der Waals surface area contributed by atoms with Crippen molar-refractivity contribution in [2.24, 2.45) is 0 Å². The summed E-state index contributed by atoms with van der Waals surface area (Å²) in [4.78, 5) is 14.3. The number of thioether (sulfide) groups is 1. The van der Waals surface area contributed by atoms with Crippen molar-refractivity contribution in [1.82, 2.24) is 19.8 Å². The average Bonchev–Trinajstić information content (AvgIpc) is 2.93. The Kier molecular flexibility index (Phi) is 5.65. The number of amides is 1. The summed E-state index contributed by atoms with van der Waals surface area (Å²) >= 11 is 4.78. The molecule has 1 fully saturated rings. The van der Waals surface area contributed by atoms with E-state index in [0.29, 0.717) is 24.1 Å². The third kappa shape index (κ3) is 4.16. The maximum Gasteiger partial charge on any atom is 0.233 e. The lowest BCUT2D eigenvalue weighted by atomic mass is 10.2. The van der Waals surface area contributed by atoms with E-state index in [1.165, 1.54) is 16.4 Å². The van der Waals surface area contributed by atoms with Crippen LogP contribution >= 0.6 is 27.7 Å². The van der Waals surface area contributed by atoms with Gasteiger partial charge in [0, 0.05) is 23.1 Å². The van der Waals surface area contributed by atoms with Crippen molar-refractivity contribution < 1.29 is 9.53 Å². The molecule has 0 spiro atoms. The van der Waals surface area contributed by atoms with Gasteiger partial charge >= 0.3 is 0 Å². The van der Waals surface area contributed by atoms with Gasteiger partial charge in [0.15, 0.2) is 5.82 Å². The molecular weight excluding hydrogens is 406 g/mol. The maximum absolute atomic E-state index is 12.4. The summed E-state index contributed by atoms with van der Waals surface area (Å²) in [7, 11) is 0. The predicted octanol–water partition coefficient (Wildman–Crippen LogP) is 2.15. The largest absolute Gasteiger partial charge is 0.372 e. The Morgan fingerprint density at radius 2 is 2.00 bits per heavy atom. The quantitative estimate of drug-likeness (QED) is 0.596. The number of hydrogen-bond donors (Lipinski definition) is 1. The Bertz CT molecular complexity index is 759. The van der Waals surface area contributed by atoms with Gasteiger partial charge in [-0.3, -0.25) is 4.79 Å². The molecule has 2 heterocycles. The van der Waals surface area contributed by atoms with E-state index in [9.17, 15) is 4.79 Å². The third-order valence-electron chi connectivity index (χ3n) is 3.88. The number of nitrogen functional groups attached to an aromatic ring is 1. The van der Waals surface area contributed by atoms with Crippen molar-refractivity contribution in [1.29, 1.82) is 0 Å². The molecule has 0 saturated carbocycles. The van der Waals surface area contributed by atoms with Gasteiger partial charge < -0.3 is 15.5 Å². The number of aromatic nitrogens is 3. The highest BCUT2D eigenvalue weighted by atomic mass is 79.9. The fourth-order valence-corrected chi connectivity index (χ4v) is 4.02. The van der Waals surface area contributed by atoms with Gasteiger partial charge in [-0.25, -0.2) is 4.68 Å². The number of carbonyl (C=O) groups is 1. The molecule has 0 radical (unpaired) electrons. The van der Waals surface area contributed by atoms with Crippen LogP contribution in [0, 0.1) is 0 Å². The van der Waals surface area contributed by atoms with E-state index in [1.807, 2.05) is 43.0 Å². The normalized spacial score (nSPS) is 20.7. The Balaban J connectivity index is 1.66. The number of nitrogens with two attached hydrogens (primary N) is 1. The van der Waals surface area contributed by atoms with E-state index >= 15 is 0 Å². The number of rotatable bonds is 4. The molecule has 2 aromatic rings. The van der Waals surface area contributed by atoms with E-state index in [-0.39, 0.29) is 23.9 Å². The summed E-state index contributed by atoms with van der Waals surface area (Å²) in [6, 6.07) is 7.66. The van der Waals surface area contributed by atoms with E-state index in [0.717, 1.165) is 10.0 Å². The fraction of sp³-hybridized carbons (Fsp3) is 0.438. The predicted molar refractivity (Wildman–Crippen MR) is 101 cm³/mol. The van der Waals surface area contributed by atoms with E-state index < -0.39 is 0 Å². The van der Waals surface area contributed by atoms with Gasteiger partial charge in [-0.2, -0.15) is 0 Å². The van der Waals surface area contributed by atoms with Crippen LogP contribution < -0.4 is 5.84 Å². The summed E-state index contributed by atoms with van der Waals surface area (Å²) in [6.07, 6.45) is 0.107. The number of halogens is 1. The Morgan fingerprint density at radius 3 is 2.68 bits per heavy atom. The van der Waals surface area contributed by atoms with Crippen LogP contribution in [0.5, 0.6) is 0 Å². The van der Waals surface area contributed by atoms with Crippen LogP contribution in [0.15, 0.2) is 33.9 Å². The number of nitrogens with zero attached hydrogens (tertiary/aromatic N) is 4. The number of benzene rings is 1. The molecule has 1 amide bonds. The summed E-state index contributed by atoms with van der Waals surface area (Å²) in [5.41, 5.74) is 0.853. The van der Waals surface area contributed by atoms with Crippen LogP contribution in [-0.4, -0.2) is 56.7 Å². The second-order valence-electron chi connectivity index (χ2n) is 6.00. The summed E-state index contributed by atoms with van der Waals surface area (Å²) < 4.78 is 7.97. The molecule has 0 bridgehead atoms. The first-order valence-electron chi connectivity index (χ1n) is 7.97. The van der Waals surface area contributed by atoms with Crippen LogP contribution in [0.2, 0.25) is 0 Å². The van der Waals surface area contributed by atoms with Gasteiger partial charge in [0.25, 0.3) is 0 Å². The highest BCUT2D eigenvalue weighted by molar-refractivity contribution is 9.10. The molecule has 25 heavy (non-hydrogen) atoms. The first kappa shape index (κ1) is 18.2. The highest BCUT2D eigenvalue weighted by Crippen LogP contribution is 2.28. The summed E-state index contributed by atoms with van der Waals surface area (Å²) in [5.74, 6) is 6.99. The molecule has 7 nitrogen and oxygen atoms in total. The van der Waals surface area contributed by atoms with Crippen molar-refractivity contribution in [3.63, 3.8) is 0 Å². The number of morpholine rings is 1. The van der Waals surface area contributed by atoms with E-state index in [4.69, 9.17) is 10.6 Å². The third-order valence-corrected chi connectivity index (χ3v) is 5.50. The van der Waals surface area contributed by atoms with Crippen molar-refractivity contribution >= 4 is 33.6 Å². The molecule has 2 unspecified atom stereocenters. The van der Waals surface area contributed by atoms with Crippen LogP contribution in [0.3, 0.4) is 0 Å². The molecule has 9 heteroatoms. The van der Waals surface area contributed by atoms with Crippen molar-refractivity contribution in [2.75, 3.05) is 24.7 Å². The zero-order valence-corrected chi connectivity index (χ0v) is 16.5. The lowest BCUT2D eigenvalue weighted by molar-refractivity contribution is -0.140. The van der Waals surface area contributed by atoms with Crippen LogP contribution in [0.4, 0.5) is 0 Å². The zero-order valence-electron chi connectivity index (χ0n) is 14.1. The van der Waals surface area contributed by atoms with Crippen molar-refractivity contribution in [3.8, 4) is 11.4 Å². The first-order valence-corrected chi connectivity index (χ1v) is 9.75. The van der Waals surface area contributed by atoms with Crippen LogP contribution in [0.25, 0.3) is 11.4 Å². The molecule has 1 saturated heterocycles. The second kappa shape index (κ2) is 7.76. The smallest absolute Gasteiger partial charge is 0.233 e. The minimum Gasteiger partial charge on any atom is -0.372 e. The standard InChI is InChI=1S/C16H20BrN5O2S/c1-10-7-21(8-11(2)24-10)14(23)9-25-16-20-19-15(22(16)18)12-5-3-4-6-13(12)17/h3-6,10-11H,7-9,18H2,1-2H3. The minimum absolute atomic E-state index is 0.0532. The second-order valence-corrected chi connectivity index (χ2v) is 7.80. The Hall–Kier alpha value is -1.58. The lowest BCUT2D eigenvalue weighted by Crippen LogP contribution is -2.48. The highest BCUT2D eigenvalue weighted by Gasteiger charge is 2.26. The van der Waals surface area contributed by atoms with Gasteiger partial charge in [0.1, 0.15) is 0 Å². The molecule has 3 rings (SSSR count). The number of ether oxygens (including phenoxy) is 1. The molecule has 2 N–H and O–H groups in total. The minimum atomic E-state index is 0.0532. The molecule has 1 aliphatic heterocycles. The molecule has 1 aromatic carbocycles. The Morgan fingerprint density at radius 1 is 1.32 bits per heavy atom. The molecule has 1 aromatic heterocycles. The SMILES string of the molecule is CC1CN(C(=O)CSc2nnc(-c3ccccc3Br)n2N)CC(C)O1. The van der Waals surface area contributed by atoms with E-state index in [1.54, 1.807) is 0 Å². The maximum atomic E-state index is 12.4. The van der Waals surface area contributed by atoms with Gasteiger partial charge in [-0.15, -0.1) is 10.2 Å². The van der Waals surface area contributed by atoms with Gasteiger partial charge in [-0.05, 0) is 26.0 Å². The summed E-state index contributed by atoms with van der Waals surface area (Å²) in [6.45, 7) is 5.18. The van der Waals surface area contributed by atoms with Crippen molar-refractivity contribution in [3.05, 3.63) is 28.7 Å². The average molecular weight is 426 g/mol. The summed E-state index contributed by atoms with van der Waals surface area (Å²) in [5, 5.41) is 8.78. The molecule has 2 atom stereocenters. The zero-order chi connectivity index (χ0) is 18.0. The first-order chi connectivity index (χ1) is 12.0. The number of carbonyl (C=O) groups excluding carboxylic acids is 1. The fourth-order valence-electron chi connectivity index (χ4n) is 2.80. The van der Waals surface area contributed by atoms with Gasteiger partial charge in [0.2, 0.25) is 11.1 Å². The van der Waals surface area contributed by atoms with Crippen LogP contribution in [0.1, 0.15) is 13.8 Å². The lowest BCUT2D eigenvalue weighted by Gasteiger charge is -2.35. The Labute approximate surface area is 159 Å². The molecule has 1 aliphatic rings. The molecule has 134 valence electrons. The topological polar surface area (TPSA) is 86.3 Å². The molecular formula is C16H20BrN5O2S. The number of hydrogen-bond acceptors (Lipinski definition) is 6.